The van der Waals surface area contributed by atoms with Crippen LogP contribution in [-0.2, 0) is 19.9 Å². The van der Waals surface area contributed by atoms with E-state index < -0.39 is 46.9 Å². The number of amides is 1. The number of hydrogen-bond acceptors (Lipinski definition) is 14. The van der Waals surface area contributed by atoms with Crippen LogP contribution in [0.25, 0.3) is 11.0 Å². The number of rotatable bonds is 13. The van der Waals surface area contributed by atoms with Gasteiger partial charge in [-0.3, -0.25) is 19.8 Å². The number of carbonyl (C=O) groups excluding carboxylic acids is 1. The van der Waals surface area contributed by atoms with Gasteiger partial charge in [-0.25, -0.2) is 31.5 Å². The highest BCUT2D eigenvalue weighted by molar-refractivity contribution is 7.91. The molecule has 19 heteroatoms. The Morgan fingerprint density at radius 3 is 2.45 bits per heavy atom. The first-order chi connectivity index (χ1) is 32.0. The van der Waals surface area contributed by atoms with Crippen molar-refractivity contribution >= 4 is 54.0 Å². The molecule has 5 aliphatic rings. The van der Waals surface area contributed by atoms with Crippen LogP contribution in [0.1, 0.15) is 105 Å². The maximum Gasteiger partial charge on any atom is 0.312 e. The number of ether oxygens (including phenoxy) is 1. The van der Waals surface area contributed by atoms with E-state index in [2.05, 4.69) is 53.0 Å². The molecule has 3 saturated carbocycles. The van der Waals surface area contributed by atoms with Gasteiger partial charge in [0.1, 0.15) is 22.0 Å². The minimum atomic E-state index is -4.66. The monoisotopic (exact) mass is 952 g/mol. The number of aromatic amines is 1. The van der Waals surface area contributed by atoms with Crippen molar-refractivity contribution in [1.29, 1.82) is 0 Å². The molecule has 3 aliphatic carbocycles. The summed E-state index contributed by atoms with van der Waals surface area (Å²) in [4.78, 5) is 41.1. The lowest BCUT2D eigenvalue weighted by atomic mass is 9.59. The van der Waals surface area contributed by atoms with Gasteiger partial charge in [-0.15, -0.1) is 0 Å². The maximum absolute atomic E-state index is 14.0. The number of aromatic nitrogens is 3. The lowest BCUT2D eigenvalue weighted by Gasteiger charge is -2.57. The Balaban J connectivity index is 0.840. The van der Waals surface area contributed by atoms with Crippen LogP contribution in [0.3, 0.4) is 0 Å². The van der Waals surface area contributed by atoms with Crippen LogP contribution in [0.15, 0.2) is 84.1 Å². The van der Waals surface area contributed by atoms with Crippen molar-refractivity contribution in [3.63, 3.8) is 0 Å². The number of sulfone groups is 1. The Morgan fingerprint density at radius 2 is 1.72 bits per heavy atom. The molecule has 3 aromatic heterocycles. The van der Waals surface area contributed by atoms with Crippen molar-refractivity contribution in [1.82, 2.24) is 24.6 Å². The van der Waals surface area contributed by atoms with Crippen molar-refractivity contribution in [2.24, 2.45) is 11.3 Å². The summed E-state index contributed by atoms with van der Waals surface area (Å²) in [7, 11) is -7.81. The zero-order valence-corrected chi connectivity index (χ0v) is 39.0. The van der Waals surface area contributed by atoms with Gasteiger partial charge in [0.25, 0.3) is 15.9 Å². The largest absolute Gasteiger partial charge is 0.455 e. The molecule has 5 aromatic rings. The molecule has 17 nitrogen and oxygen atoms in total. The van der Waals surface area contributed by atoms with Crippen molar-refractivity contribution in [3.05, 3.63) is 106 Å². The smallest absolute Gasteiger partial charge is 0.312 e. The summed E-state index contributed by atoms with van der Waals surface area (Å²) in [6, 6.07) is 18.1. The average Bonchev–Trinajstić information content (AvgIpc) is 4.04. The van der Waals surface area contributed by atoms with Crippen molar-refractivity contribution in [3.8, 4) is 11.5 Å². The molecule has 2 saturated heterocycles. The van der Waals surface area contributed by atoms with Gasteiger partial charge in [-0.05, 0) is 124 Å². The molecule has 0 radical (unpaired) electrons. The van der Waals surface area contributed by atoms with E-state index in [0.29, 0.717) is 49.3 Å². The molecule has 1 atom stereocenters. The highest BCUT2D eigenvalue weighted by Gasteiger charge is 2.51. The van der Waals surface area contributed by atoms with Gasteiger partial charge in [0.05, 0.1) is 40.0 Å². The second-order valence-corrected chi connectivity index (χ2v) is 23.7. The van der Waals surface area contributed by atoms with E-state index in [4.69, 9.17) is 4.74 Å². The number of benzene rings is 2. The quantitative estimate of drug-likeness (QED) is 0.0674. The van der Waals surface area contributed by atoms with Crippen LogP contribution in [0.2, 0.25) is 0 Å². The highest BCUT2D eigenvalue weighted by Crippen LogP contribution is 2.54. The number of fused-ring (bicyclic) bond motifs is 1. The number of aliphatic hydroxyl groups is 1. The molecule has 2 aromatic carbocycles. The minimum Gasteiger partial charge on any atom is -0.455 e. The summed E-state index contributed by atoms with van der Waals surface area (Å²) in [6.07, 6.45) is 13.1. The van der Waals surface area contributed by atoms with Crippen molar-refractivity contribution in [2.75, 3.05) is 47.9 Å². The van der Waals surface area contributed by atoms with Crippen LogP contribution in [0.4, 0.5) is 17.2 Å². The zero-order valence-electron chi connectivity index (χ0n) is 37.4. The van der Waals surface area contributed by atoms with Gasteiger partial charge in [0.2, 0.25) is 5.82 Å². The first kappa shape index (κ1) is 45.2. The number of hydrogen-bond donors (Lipinski definition) is 4. The molecule has 1 amide bonds. The fourth-order valence-corrected chi connectivity index (χ4v) is 13.3. The Bertz CT molecular complexity index is 2930. The standard InChI is InChI=1S/C48H56N8O9S2/c1-47(58)13-10-31(11-14-47)27-50-45-41(56(59)60)24-37(29-52-45)67(63,64)53-46(57)40-9-8-34(23-43(40)65-36-22-33-12-17-49-44(33)51-28-36)54-18-15-48(16-19-54)25-35(26-48)55-20-21-66(61,62)30-42(55)39-5-3-2-4-38(39)32-6-7-32/h2-5,8-9,12,17,22-24,28-29,31-32,35,42,58H,6-7,10-11,13-16,18-21,25-27,30H2,1H3,(H,49,51)(H,50,52)(H,53,57)/t31-,42-,47-/m0/s1. The summed E-state index contributed by atoms with van der Waals surface area (Å²) in [6.45, 7) is 4.18. The number of carbonyl (C=O) groups is 1. The third-order valence-electron chi connectivity index (χ3n) is 15.0. The normalized spacial score (nSPS) is 24.2. The number of anilines is 2. The number of nitro groups is 1. The SMILES string of the molecule is C[C@]1(O)CC[C@H](CNc2ncc(S(=O)(=O)NC(=O)c3ccc(N4CCC5(CC4)CC(N4CCS(=O)(=O)C[C@H]4c4ccccc4C4CC4)C5)cc3Oc3cnc4[nH]ccc4c3)cc2[N+](=O)[O-])CC1. The first-order valence-electron chi connectivity index (χ1n) is 23.3. The van der Waals surface area contributed by atoms with E-state index in [1.807, 2.05) is 12.1 Å². The molecular formula is C48H56N8O9S2. The number of nitrogens with one attached hydrogen (secondary N) is 3. The number of H-pyrrole nitrogens is 1. The van der Waals surface area contributed by atoms with Crippen LogP contribution >= 0.6 is 0 Å². The number of sulfonamides is 1. The molecule has 0 unspecified atom stereocenters. The molecule has 354 valence electrons. The van der Waals surface area contributed by atoms with Gasteiger partial charge >= 0.3 is 5.69 Å². The zero-order chi connectivity index (χ0) is 46.7. The Hall–Kier alpha value is -5.63. The van der Waals surface area contributed by atoms with Crippen LogP contribution in [0, 0.1) is 21.4 Å². The molecule has 5 heterocycles. The summed E-state index contributed by atoms with van der Waals surface area (Å²) < 4.78 is 61.9. The van der Waals surface area contributed by atoms with Gasteiger partial charge in [0.15, 0.2) is 9.84 Å². The fraction of sp³-hybridized carbons (Fsp3) is 0.479. The predicted octanol–water partition coefficient (Wildman–Crippen LogP) is 7.23. The highest BCUT2D eigenvalue weighted by atomic mass is 32.2. The molecule has 1 spiro atoms. The first-order valence-corrected chi connectivity index (χ1v) is 26.6. The summed E-state index contributed by atoms with van der Waals surface area (Å²) in [5.74, 6) is 0.342. The molecule has 67 heavy (non-hydrogen) atoms. The molecule has 4 N–H and O–H groups in total. The number of piperidine rings is 1. The Labute approximate surface area is 389 Å². The van der Waals surface area contributed by atoms with Crippen LogP contribution in [-0.4, -0.2) is 102 Å². The van der Waals surface area contributed by atoms with Gasteiger partial charge < -0.3 is 25.0 Å². The van der Waals surface area contributed by atoms with Crippen molar-refractivity contribution in [2.45, 2.75) is 99.6 Å². The van der Waals surface area contributed by atoms with E-state index in [-0.39, 0.29) is 46.0 Å². The van der Waals surface area contributed by atoms with E-state index in [1.165, 1.54) is 23.4 Å². The minimum absolute atomic E-state index is 0.0784. The van der Waals surface area contributed by atoms with E-state index in [0.717, 1.165) is 87.8 Å². The summed E-state index contributed by atoms with van der Waals surface area (Å²) in [5.41, 5.74) is 2.67. The lowest BCUT2D eigenvalue weighted by molar-refractivity contribution is -0.384. The third kappa shape index (κ3) is 9.60. The Kier molecular flexibility index (Phi) is 11.8. The summed E-state index contributed by atoms with van der Waals surface area (Å²) in [5, 5.41) is 26.2. The Morgan fingerprint density at radius 1 is 0.970 bits per heavy atom. The number of pyridine rings is 2. The molecule has 10 rings (SSSR count). The van der Waals surface area contributed by atoms with Gasteiger partial charge in [0, 0.05) is 67.7 Å². The molecule has 2 aliphatic heterocycles. The van der Waals surface area contributed by atoms with E-state index in [1.54, 1.807) is 31.3 Å². The summed E-state index contributed by atoms with van der Waals surface area (Å²) >= 11 is 0. The second kappa shape index (κ2) is 17.5. The van der Waals surface area contributed by atoms with Gasteiger partial charge in [-0.2, -0.15) is 0 Å². The average molecular weight is 953 g/mol. The molecule has 5 fully saturated rings. The maximum atomic E-state index is 14.0. The van der Waals surface area contributed by atoms with Crippen molar-refractivity contribution < 1.29 is 36.4 Å². The number of nitrogens with zero attached hydrogens (tertiary/aromatic N) is 5. The predicted molar refractivity (Wildman–Crippen MR) is 253 cm³/mol. The van der Waals surface area contributed by atoms with Crippen LogP contribution < -0.4 is 19.7 Å². The van der Waals surface area contributed by atoms with E-state index >= 15 is 0 Å². The molecular weight excluding hydrogens is 897 g/mol. The molecule has 0 bridgehead atoms. The van der Waals surface area contributed by atoms with Gasteiger partial charge in [-0.1, -0.05) is 24.3 Å². The third-order valence-corrected chi connectivity index (χ3v) is 17.9. The lowest BCUT2D eigenvalue weighted by Crippen LogP contribution is -2.58. The topological polar surface area (TPSA) is 230 Å². The van der Waals surface area contributed by atoms with E-state index in [9.17, 15) is 36.9 Å². The second-order valence-electron chi connectivity index (χ2n) is 19.7. The van der Waals surface area contributed by atoms with Crippen LogP contribution in [0.5, 0.6) is 11.5 Å². The fourth-order valence-electron chi connectivity index (χ4n) is 10.8.